The van der Waals surface area contributed by atoms with E-state index in [9.17, 15) is 0 Å². The number of hydrogen-bond acceptors (Lipinski definition) is 5. The minimum absolute atomic E-state index is 0. The molecule has 1 heterocycles. The summed E-state index contributed by atoms with van der Waals surface area (Å²) in [5.74, 6) is 10.5. The highest BCUT2D eigenvalue weighted by Crippen LogP contribution is 1.89. The van der Waals surface area contributed by atoms with Crippen LogP contribution in [0.5, 0.6) is 0 Å². The lowest BCUT2D eigenvalue weighted by atomic mass is 11.1. The molecule has 1 rings (SSSR count). The van der Waals surface area contributed by atoms with Gasteiger partial charge in [-0.2, -0.15) is 0 Å². The number of hydrogen-bond donors (Lipinski definition) is 3. The van der Waals surface area contributed by atoms with Crippen LogP contribution in [0, 0.1) is 0 Å². The first-order valence-corrected chi connectivity index (χ1v) is 1.96. The average Bonchev–Trinajstić information content (AvgIpc) is 2.14. The van der Waals surface area contributed by atoms with Crippen molar-refractivity contribution in [2.75, 3.05) is 11.3 Å². The van der Waals surface area contributed by atoms with Crippen LogP contribution in [0.1, 0.15) is 0 Å². The average molecular weight is 187 g/mol. The van der Waals surface area contributed by atoms with Crippen LogP contribution in [0.4, 0.5) is 5.95 Å². The van der Waals surface area contributed by atoms with Crippen LogP contribution in [-0.2, 0) is 0 Å². The molecule has 10 heavy (non-hydrogen) atoms. The molecule has 0 aromatic carbocycles. The Morgan fingerprint density at radius 2 is 2.10 bits per heavy atom. The Morgan fingerprint density at radius 3 is 2.30 bits per heavy atom. The first-order valence-electron chi connectivity index (χ1n) is 1.96. The van der Waals surface area contributed by atoms with Crippen LogP contribution in [0.3, 0.4) is 0 Å². The second-order valence-corrected chi connectivity index (χ2v) is 1.21. The summed E-state index contributed by atoms with van der Waals surface area (Å²) in [6.07, 6.45) is 1.34. The maximum absolute atomic E-state index is 5.20. The van der Waals surface area contributed by atoms with Crippen molar-refractivity contribution in [3.8, 4) is 0 Å². The summed E-state index contributed by atoms with van der Waals surface area (Å²) < 4.78 is 1.18. The lowest BCUT2D eigenvalue weighted by Crippen LogP contribution is -2.17. The van der Waals surface area contributed by atoms with Gasteiger partial charge in [0.05, 0.1) is 0 Å². The molecule has 1 aromatic heterocycles. The van der Waals surface area contributed by atoms with Crippen molar-refractivity contribution in [1.82, 2.24) is 14.9 Å². The third kappa shape index (κ3) is 2.26. The highest BCUT2D eigenvalue weighted by molar-refractivity contribution is 5.85. The highest BCUT2D eigenvalue weighted by Gasteiger charge is 1.92. The predicted molar refractivity (Wildman–Crippen MR) is 42.5 cm³/mol. The number of nitrogen functional groups attached to an aromatic ring is 2. The standard InChI is InChI=1S/C2H6N6.2ClH/c3-6-2-7-5-1-8(2)4;;/h1H,3-4H2,(H,6,7);2*1H. The summed E-state index contributed by atoms with van der Waals surface area (Å²) in [5.41, 5.74) is 2.24. The van der Waals surface area contributed by atoms with E-state index < -0.39 is 0 Å². The molecule has 0 spiro atoms. The van der Waals surface area contributed by atoms with Crippen LogP contribution in [0.15, 0.2) is 6.33 Å². The maximum Gasteiger partial charge on any atom is 0.257 e. The Kier molecular flexibility index (Phi) is 6.12. The van der Waals surface area contributed by atoms with Crippen LogP contribution in [-0.4, -0.2) is 14.9 Å². The molecule has 0 atom stereocenters. The molecule has 8 heteroatoms. The molecular weight excluding hydrogens is 179 g/mol. The Balaban J connectivity index is 0. The maximum atomic E-state index is 5.20. The van der Waals surface area contributed by atoms with Gasteiger partial charge < -0.3 is 5.84 Å². The summed E-state index contributed by atoms with van der Waals surface area (Å²) in [6.45, 7) is 0. The summed E-state index contributed by atoms with van der Waals surface area (Å²) in [6, 6.07) is 0. The zero-order valence-corrected chi connectivity index (χ0v) is 6.52. The second-order valence-electron chi connectivity index (χ2n) is 1.21. The summed E-state index contributed by atoms with van der Waals surface area (Å²) in [4.78, 5) is 0. The smallest absolute Gasteiger partial charge is 0.257 e. The van der Waals surface area contributed by atoms with Crippen LogP contribution < -0.4 is 17.1 Å². The van der Waals surface area contributed by atoms with Crippen molar-refractivity contribution in [3.05, 3.63) is 6.33 Å². The molecule has 0 saturated heterocycles. The van der Waals surface area contributed by atoms with Gasteiger partial charge in [-0.05, 0) is 0 Å². The zero-order valence-electron chi connectivity index (χ0n) is 4.89. The monoisotopic (exact) mass is 186 g/mol. The topological polar surface area (TPSA) is 94.8 Å². The number of aromatic nitrogens is 3. The number of hydrazine groups is 1. The van der Waals surface area contributed by atoms with E-state index >= 15 is 0 Å². The molecule has 0 amide bonds. The van der Waals surface area contributed by atoms with Crippen molar-refractivity contribution in [2.45, 2.75) is 0 Å². The lowest BCUT2D eigenvalue weighted by molar-refractivity contribution is 0.987. The summed E-state index contributed by atoms with van der Waals surface area (Å²) in [7, 11) is 0. The van der Waals surface area contributed by atoms with Gasteiger partial charge in [-0.1, -0.05) is 0 Å². The molecule has 6 nitrogen and oxygen atoms in total. The van der Waals surface area contributed by atoms with Gasteiger partial charge in [-0.15, -0.1) is 35.0 Å². The molecule has 5 N–H and O–H groups in total. The molecule has 1 aromatic rings. The van der Waals surface area contributed by atoms with E-state index in [2.05, 4.69) is 15.6 Å². The Labute approximate surface area is 69.7 Å². The van der Waals surface area contributed by atoms with Crippen molar-refractivity contribution in [1.29, 1.82) is 0 Å². The number of anilines is 1. The molecule has 60 valence electrons. The molecule has 0 aliphatic rings. The van der Waals surface area contributed by atoms with Gasteiger partial charge in [-0.25, -0.2) is 10.5 Å². The van der Waals surface area contributed by atoms with Crippen molar-refractivity contribution < 1.29 is 0 Å². The fourth-order valence-corrected chi connectivity index (χ4v) is 0.346. The predicted octanol–water partition coefficient (Wildman–Crippen LogP) is -0.879. The SMILES string of the molecule is Cl.Cl.NNc1nncn1N. The zero-order chi connectivity index (χ0) is 5.98. The van der Waals surface area contributed by atoms with E-state index in [0.29, 0.717) is 5.95 Å². The Bertz CT molecular complexity index is 174. The Hall–Kier alpha value is -0.720. The quantitative estimate of drug-likeness (QED) is 0.392. The number of rotatable bonds is 1. The van der Waals surface area contributed by atoms with E-state index in [0.717, 1.165) is 0 Å². The third-order valence-corrected chi connectivity index (χ3v) is 0.702. The Morgan fingerprint density at radius 1 is 1.50 bits per heavy atom. The van der Waals surface area contributed by atoms with Gasteiger partial charge in [0.15, 0.2) is 0 Å². The van der Waals surface area contributed by atoms with Gasteiger partial charge in [0.25, 0.3) is 5.95 Å². The molecule has 0 unspecified atom stereocenters. The van der Waals surface area contributed by atoms with Gasteiger partial charge >= 0.3 is 0 Å². The summed E-state index contributed by atoms with van der Waals surface area (Å²) >= 11 is 0. The second kappa shape index (κ2) is 5.10. The number of nitrogens with one attached hydrogen (secondary N) is 1. The number of nitrogens with two attached hydrogens (primary N) is 2. The van der Waals surface area contributed by atoms with E-state index in [1.54, 1.807) is 0 Å². The first-order chi connectivity index (χ1) is 3.84. The van der Waals surface area contributed by atoms with E-state index in [4.69, 9.17) is 11.7 Å². The fraction of sp³-hybridized carbons (Fsp3) is 0. The molecule has 0 bridgehead atoms. The lowest BCUT2D eigenvalue weighted by Gasteiger charge is -1.93. The van der Waals surface area contributed by atoms with Gasteiger partial charge in [0, 0.05) is 0 Å². The van der Waals surface area contributed by atoms with Crippen LogP contribution in [0.2, 0.25) is 0 Å². The van der Waals surface area contributed by atoms with Gasteiger partial charge in [0.2, 0.25) is 0 Å². The van der Waals surface area contributed by atoms with Crippen molar-refractivity contribution in [3.63, 3.8) is 0 Å². The normalized spacial score (nSPS) is 7.30. The van der Waals surface area contributed by atoms with Crippen molar-refractivity contribution in [2.24, 2.45) is 5.84 Å². The minimum Gasteiger partial charge on any atom is -0.335 e. The third-order valence-electron chi connectivity index (χ3n) is 0.702. The molecule has 0 radical (unpaired) electrons. The van der Waals surface area contributed by atoms with Crippen LogP contribution in [0.25, 0.3) is 0 Å². The van der Waals surface area contributed by atoms with Gasteiger partial charge in [0.1, 0.15) is 6.33 Å². The summed E-state index contributed by atoms with van der Waals surface area (Å²) in [5, 5.41) is 6.92. The first kappa shape index (κ1) is 12.0. The highest BCUT2D eigenvalue weighted by atomic mass is 35.5. The van der Waals surface area contributed by atoms with Crippen molar-refractivity contribution >= 4 is 30.8 Å². The van der Waals surface area contributed by atoms with Crippen LogP contribution >= 0.6 is 24.8 Å². The molecular formula is C2H8Cl2N6. The molecule has 0 saturated carbocycles. The largest absolute Gasteiger partial charge is 0.335 e. The van der Waals surface area contributed by atoms with E-state index in [-0.39, 0.29) is 24.8 Å². The fourth-order valence-electron chi connectivity index (χ4n) is 0.346. The minimum atomic E-state index is 0. The molecule has 0 aliphatic heterocycles. The molecule has 0 fully saturated rings. The molecule has 0 aliphatic carbocycles. The van der Waals surface area contributed by atoms with E-state index in [1.807, 2.05) is 0 Å². The number of nitrogens with zero attached hydrogens (tertiary/aromatic N) is 3. The van der Waals surface area contributed by atoms with Gasteiger partial charge in [-0.3, -0.25) is 5.43 Å². The van der Waals surface area contributed by atoms with E-state index in [1.165, 1.54) is 11.0 Å². The number of halogens is 2.